The number of halogens is 1. The maximum atomic E-state index is 12.3. The third-order valence-corrected chi connectivity index (χ3v) is 5.16. The molecule has 1 saturated carbocycles. The maximum Gasteiger partial charge on any atom is 0.386 e. The van der Waals surface area contributed by atoms with E-state index in [1.807, 2.05) is 18.2 Å². The first-order chi connectivity index (χ1) is 11.7. The Balaban J connectivity index is 0.00000225. The summed E-state index contributed by atoms with van der Waals surface area (Å²) >= 11 is 5.11. The van der Waals surface area contributed by atoms with Gasteiger partial charge in [-0.15, -0.1) is 12.4 Å². The van der Waals surface area contributed by atoms with Crippen LogP contribution in [0, 0.1) is 0 Å². The van der Waals surface area contributed by atoms with E-state index in [0.29, 0.717) is 11.8 Å². The Bertz CT molecular complexity index is 563. The lowest BCUT2D eigenvalue weighted by Crippen LogP contribution is -2.49. The van der Waals surface area contributed by atoms with Crippen molar-refractivity contribution >= 4 is 35.6 Å². The van der Waals surface area contributed by atoms with Crippen LogP contribution in [0.15, 0.2) is 30.3 Å². The second-order valence-corrected chi connectivity index (χ2v) is 6.97. The van der Waals surface area contributed by atoms with Crippen molar-refractivity contribution in [2.45, 2.75) is 57.1 Å². The van der Waals surface area contributed by atoms with E-state index < -0.39 is 5.97 Å². The van der Waals surface area contributed by atoms with Gasteiger partial charge in [0.25, 0.3) is 5.05 Å². The molecule has 1 heterocycles. The quantitative estimate of drug-likeness (QED) is 0.579. The summed E-state index contributed by atoms with van der Waals surface area (Å²) in [6.45, 7) is 2.23. The topological polar surface area (TPSA) is 38.8 Å². The molecule has 0 amide bonds. The van der Waals surface area contributed by atoms with Crippen molar-refractivity contribution in [1.82, 2.24) is 4.90 Å². The SMILES string of the molecule is Cl.O=C(O[C@@H]1CCCC[C@H]1N1CCCCC1)C(=S)Oc1ccccc1. The second-order valence-electron chi connectivity index (χ2n) is 6.59. The zero-order valence-corrected chi connectivity index (χ0v) is 16.0. The number of benzene rings is 1. The Morgan fingerprint density at radius 2 is 1.68 bits per heavy atom. The summed E-state index contributed by atoms with van der Waals surface area (Å²) in [5.74, 6) is 0.0541. The highest BCUT2D eigenvalue weighted by atomic mass is 35.5. The molecule has 6 heteroatoms. The number of thiocarbonyl (C=S) groups is 1. The molecule has 138 valence electrons. The van der Waals surface area contributed by atoms with Crippen molar-refractivity contribution in [3.05, 3.63) is 30.3 Å². The van der Waals surface area contributed by atoms with Crippen LogP contribution in [0.5, 0.6) is 5.75 Å². The van der Waals surface area contributed by atoms with Gasteiger partial charge in [0.2, 0.25) is 0 Å². The molecule has 1 aromatic rings. The van der Waals surface area contributed by atoms with E-state index in [2.05, 4.69) is 4.90 Å². The number of esters is 1. The number of hydrogen-bond donors (Lipinski definition) is 0. The van der Waals surface area contributed by atoms with Crippen LogP contribution in [0.3, 0.4) is 0 Å². The van der Waals surface area contributed by atoms with E-state index >= 15 is 0 Å². The van der Waals surface area contributed by atoms with Crippen LogP contribution in [0.25, 0.3) is 0 Å². The average Bonchev–Trinajstić information content (AvgIpc) is 2.63. The Hall–Kier alpha value is -1.17. The molecule has 2 atom stereocenters. The number of likely N-dealkylation sites (tertiary alicyclic amines) is 1. The smallest absolute Gasteiger partial charge is 0.386 e. The van der Waals surface area contributed by atoms with E-state index in [1.54, 1.807) is 12.1 Å². The average molecular weight is 384 g/mol. The molecule has 4 nitrogen and oxygen atoms in total. The van der Waals surface area contributed by atoms with Crippen LogP contribution in [0.1, 0.15) is 44.9 Å². The summed E-state index contributed by atoms with van der Waals surface area (Å²) in [4.78, 5) is 14.8. The van der Waals surface area contributed by atoms with E-state index in [9.17, 15) is 4.79 Å². The predicted molar refractivity (Wildman–Crippen MR) is 104 cm³/mol. The predicted octanol–water partition coefficient (Wildman–Crippen LogP) is 4.15. The highest BCUT2D eigenvalue weighted by Crippen LogP contribution is 2.28. The fraction of sp³-hybridized carbons (Fsp3) is 0.579. The highest BCUT2D eigenvalue weighted by molar-refractivity contribution is 7.81. The summed E-state index contributed by atoms with van der Waals surface area (Å²) in [5.41, 5.74) is 0. The van der Waals surface area contributed by atoms with Gasteiger partial charge in [-0.25, -0.2) is 4.79 Å². The molecule has 0 radical (unpaired) electrons. The monoisotopic (exact) mass is 383 g/mol. The van der Waals surface area contributed by atoms with Gasteiger partial charge < -0.3 is 9.47 Å². The fourth-order valence-electron chi connectivity index (χ4n) is 3.71. The Morgan fingerprint density at radius 3 is 2.40 bits per heavy atom. The second kappa shape index (κ2) is 10.1. The number of carbonyl (C=O) groups is 1. The van der Waals surface area contributed by atoms with Gasteiger partial charge in [0.05, 0.1) is 0 Å². The lowest BCUT2D eigenvalue weighted by Gasteiger charge is -2.41. The van der Waals surface area contributed by atoms with Gasteiger partial charge in [-0.05, 0) is 69.5 Å². The molecule has 1 saturated heterocycles. The molecule has 2 fully saturated rings. The number of rotatable bonds is 3. The summed E-state index contributed by atoms with van der Waals surface area (Å²) in [6, 6.07) is 9.46. The molecule has 1 aliphatic carbocycles. The zero-order valence-electron chi connectivity index (χ0n) is 14.4. The first kappa shape index (κ1) is 20.1. The standard InChI is InChI=1S/C19H25NO3S.ClH/c21-18(19(24)22-15-9-3-1-4-10-15)23-17-12-6-5-11-16(17)20-13-7-2-8-14-20;/h1,3-4,9-10,16-17H,2,5-8,11-14H2;1H/t16-,17-;/m1./s1. The van der Waals surface area contributed by atoms with Gasteiger partial charge in [0.15, 0.2) is 0 Å². The van der Waals surface area contributed by atoms with E-state index in [4.69, 9.17) is 21.7 Å². The van der Waals surface area contributed by atoms with E-state index in [0.717, 1.165) is 32.4 Å². The van der Waals surface area contributed by atoms with Crippen LogP contribution in [-0.2, 0) is 9.53 Å². The summed E-state index contributed by atoms with van der Waals surface area (Å²) in [6.07, 6.45) is 8.06. The van der Waals surface area contributed by atoms with Gasteiger partial charge in [-0.3, -0.25) is 4.90 Å². The van der Waals surface area contributed by atoms with Crippen molar-refractivity contribution < 1.29 is 14.3 Å². The van der Waals surface area contributed by atoms with Gasteiger partial charge in [0.1, 0.15) is 11.9 Å². The molecular formula is C19H26ClNO3S. The van der Waals surface area contributed by atoms with Crippen LogP contribution < -0.4 is 4.74 Å². The normalized spacial score (nSPS) is 24.0. The number of nitrogens with zero attached hydrogens (tertiary/aromatic N) is 1. The zero-order chi connectivity index (χ0) is 16.8. The molecule has 25 heavy (non-hydrogen) atoms. The first-order valence-electron chi connectivity index (χ1n) is 8.96. The minimum Gasteiger partial charge on any atom is -0.454 e. The maximum absolute atomic E-state index is 12.3. The summed E-state index contributed by atoms with van der Waals surface area (Å²) < 4.78 is 11.2. The van der Waals surface area contributed by atoms with E-state index in [-0.39, 0.29) is 23.6 Å². The number of hydrogen-bond acceptors (Lipinski definition) is 5. The van der Waals surface area contributed by atoms with Gasteiger partial charge in [-0.2, -0.15) is 0 Å². The van der Waals surface area contributed by atoms with Crippen LogP contribution in [-0.4, -0.2) is 41.2 Å². The molecule has 0 aromatic heterocycles. The number of carbonyl (C=O) groups excluding carboxylic acids is 1. The largest absolute Gasteiger partial charge is 0.454 e. The molecule has 0 spiro atoms. The van der Waals surface area contributed by atoms with Crippen molar-refractivity contribution in [2.24, 2.45) is 0 Å². The first-order valence-corrected chi connectivity index (χ1v) is 9.37. The lowest BCUT2D eigenvalue weighted by atomic mass is 9.90. The molecule has 0 N–H and O–H groups in total. The van der Waals surface area contributed by atoms with E-state index in [1.165, 1.54) is 25.7 Å². The van der Waals surface area contributed by atoms with Crippen molar-refractivity contribution in [2.75, 3.05) is 13.1 Å². The number of ether oxygens (including phenoxy) is 2. The summed E-state index contributed by atoms with van der Waals surface area (Å²) in [5, 5.41) is -0.107. The third kappa shape index (κ3) is 5.66. The Morgan fingerprint density at radius 1 is 1.00 bits per heavy atom. The Kier molecular flexibility index (Phi) is 8.13. The Labute approximate surface area is 161 Å². The number of para-hydroxylation sites is 1. The molecule has 1 aromatic carbocycles. The summed E-state index contributed by atoms with van der Waals surface area (Å²) in [7, 11) is 0. The van der Waals surface area contributed by atoms with Crippen LogP contribution in [0.2, 0.25) is 0 Å². The van der Waals surface area contributed by atoms with Crippen molar-refractivity contribution in [3.63, 3.8) is 0 Å². The van der Waals surface area contributed by atoms with Crippen LogP contribution in [0.4, 0.5) is 0 Å². The molecule has 0 unspecified atom stereocenters. The highest BCUT2D eigenvalue weighted by Gasteiger charge is 2.34. The molecule has 2 aliphatic rings. The van der Waals surface area contributed by atoms with Gasteiger partial charge in [0, 0.05) is 6.04 Å². The van der Waals surface area contributed by atoms with Crippen LogP contribution >= 0.6 is 24.6 Å². The molecule has 1 aliphatic heterocycles. The van der Waals surface area contributed by atoms with Crippen molar-refractivity contribution in [3.8, 4) is 5.75 Å². The third-order valence-electron chi connectivity index (χ3n) is 4.91. The molecule has 3 rings (SSSR count). The molecule has 0 bridgehead atoms. The van der Waals surface area contributed by atoms with Gasteiger partial charge in [-0.1, -0.05) is 31.0 Å². The fourth-order valence-corrected chi connectivity index (χ4v) is 3.85. The minimum atomic E-state index is -0.511. The minimum absolute atomic E-state index is 0. The molecular weight excluding hydrogens is 358 g/mol. The number of piperidine rings is 1. The van der Waals surface area contributed by atoms with Crippen molar-refractivity contribution in [1.29, 1.82) is 0 Å². The van der Waals surface area contributed by atoms with Gasteiger partial charge >= 0.3 is 5.97 Å². The lowest BCUT2D eigenvalue weighted by molar-refractivity contribution is -0.147.